The Kier molecular flexibility index (Phi) is 28.6. The predicted molar refractivity (Wildman–Crippen MR) is 58.7 cm³/mol. The number of allylic oxidation sites excluding steroid dienone is 4. The first-order chi connectivity index (χ1) is 6.60. The van der Waals surface area contributed by atoms with Crippen LogP contribution in [0.1, 0.15) is 6.92 Å². The molecule has 0 aliphatic heterocycles. The molecule has 0 bridgehead atoms. The van der Waals surface area contributed by atoms with Crippen LogP contribution < -0.4 is 0 Å². The average Bonchev–Trinajstić information content (AvgIpc) is 2.20. The number of hydrogen-bond acceptors (Lipinski definition) is 2. The van der Waals surface area contributed by atoms with Crippen LogP contribution in [0.15, 0.2) is 50.1 Å². The molecule has 0 heterocycles. The Labute approximate surface area is 85.0 Å². The summed E-state index contributed by atoms with van der Waals surface area (Å²) in [6.45, 7) is 11.5. The van der Waals surface area contributed by atoms with E-state index in [4.69, 9.17) is 10.4 Å². The molecule has 0 spiro atoms. The van der Waals surface area contributed by atoms with Crippen molar-refractivity contribution in [3.63, 3.8) is 0 Å². The van der Waals surface area contributed by atoms with Gasteiger partial charge in [0.25, 0.3) is 0 Å². The molecule has 76 valence electrons. The van der Waals surface area contributed by atoms with Crippen LogP contribution in [0.3, 0.4) is 0 Å². The molecule has 14 heavy (non-hydrogen) atoms. The average molecular weight is 193 g/mol. The highest BCUT2D eigenvalue weighted by atomic mass is 16.4. The molecule has 0 saturated heterocycles. The van der Waals surface area contributed by atoms with Gasteiger partial charge in [0, 0.05) is 12.2 Å². The van der Waals surface area contributed by atoms with Crippen LogP contribution in [0.25, 0.3) is 0 Å². The fourth-order valence-corrected chi connectivity index (χ4v) is 0.136. The molecular formula is C11H15NO2. The highest BCUT2D eigenvalue weighted by Crippen LogP contribution is 1.64. The first-order valence-corrected chi connectivity index (χ1v) is 3.70. The van der Waals surface area contributed by atoms with Crippen molar-refractivity contribution in [2.45, 2.75) is 6.92 Å². The Morgan fingerprint density at radius 1 is 1.43 bits per heavy atom. The van der Waals surface area contributed by atoms with E-state index in [1.54, 1.807) is 12.1 Å². The van der Waals surface area contributed by atoms with Crippen molar-refractivity contribution in [3.8, 4) is 6.07 Å². The van der Waals surface area contributed by atoms with Crippen LogP contribution in [0.5, 0.6) is 0 Å². The Balaban J connectivity index is -0.000000131. The molecule has 0 radical (unpaired) electrons. The number of carboxylic acids is 1. The number of carbonyl (C=O) groups is 1. The van der Waals surface area contributed by atoms with Crippen LogP contribution in [-0.4, -0.2) is 11.1 Å². The van der Waals surface area contributed by atoms with E-state index >= 15 is 0 Å². The van der Waals surface area contributed by atoms with E-state index < -0.39 is 5.97 Å². The van der Waals surface area contributed by atoms with Crippen LogP contribution in [0, 0.1) is 11.3 Å². The summed E-state index contributed by atoms with van der Waals surface area (Å²) in [6.07, 6.45) is 7.59. The lowest BCUT2D eigenvalue weighted by molar-refractivity contribution is -0.131. The fraction of sp³-hybridized carbons (Fsp3) is 0.0909. The van der Waals surface area contributed by atoms with Gasteiger partial charge < -0.3 is 5.11 Å². The van der Waals surface area contributed by atoms with Gasteiger partial charge in [-0.2, -0.15) is 5.26 Å². The summed E-state index contributed by atoms with van der Waals surface area (Å²) in [4.78, 5) is 9.25. The summed E-state index contributed by atoms with van der Waals surface area (Å²) >= 11 is 0. The van der Waals surface area contributed by atoms with E-state index in [1.165, 1.54) is 6.08 Å². The number of nitriles is 1. The second-order valence-corrected chi connectivity index (χ2v) is 1.64. The van der Waals surface area contributed by atoms with E-state index in [0.29, 0.717) is 0 Å². The monoisotopic (exact) mass is 193 g/mol. The molecule has 0 unspecified atom stereocenters. The van der Waals surface area contributed by atoms with Crippen molar-refractivity contribution in [2.75, 3.05) is 0 Å². The predicted octanol–water partition coefficient (Wildman–Crippen LogP) is 2.70. The van der Waals surface area contributed by atoms with Crippen LogP contribution in [0.4, 0.5) is 0 Å². The zero-order chi connectivity index (χ0) is 11.8. The molecule has 0 saturated carbocycles. The van der Waals surface area contributed by atoms with E-state index in [9.17, 15) is 4.79 Å². The van der Waals surface area contributed by atoms with E-state index in [1.807, 2.05) is 19.1 Å². The second kappa shape index (κ2) is 22.4. The minimum absolute atomic E-state index is 0.833. The molecule has 0 aliphatic rings. The number of aliphatic carboxylic acids is 1. The third kappa shape index (κ3) is 92.6. The maximum atomic E-state index is 9.25. The zero-order valence-electron chi connectivity index (χ0n) is 8.31. The number of nitrogens with zero attached hydrogens (tertiary/aromatic N) is 1. The molecular weight excluding hydrogens is 178 g/mol. The molecule has 0 aromatic carbocycles. The van der Waals surface area contributed by atoms with Crippen LogP contribution in [-0.2, 0) is 4.79 Å². The van der Waals surface area contributed by atoms with Crippen molar-refractivity contribution in [1.82, 2.24) is 0 Å². The Hall–Kier alpha value is -2.08. The first kappa shape index (κ1) is 17.9. The highest BCUT2D eigenvalue weighted by molar-refractivity contribution is 5.78. The summed E-state index contributed by atoms with van der Waals surface area (Å²) < 4.78 is 0. The highest BCUT2D eigenvalue weighted by Gasteiger charge is 1.73. The normalized spacial score (nSPS) is 6.57. The summed E-state index contributed by atoms with van der Waals surface area (Å²) in [5, 5.41) is 15.1. The van der Waals surface area contributed by atoms with Gasteiger partial charge in [-0.3, -0.25) is 0 Å². The third-order valence-electron chi connectivity index (χ3n) is 0.594. The Morgan fingerprint density at radius 2 is 1.79 bits per heavy atom. The molecule has 1 N–H and O–H groups in total. The first-order valence-electron chi connectivity index (χ1n) is 3.70. The minimum atomic E-state index is -0.981. The quantitative estimate of drug-likeness (QED) is 0.416. The summed E-state index contributed by atoms with van der Waals surface area (Å²) in [6, 6.07) is 1.69. The van der Waals surface area contributed by atoms with Gasteiger partial charge in [0.2, 0.25) is 0 Å². The zero-order valence-corrected chi connectivity index (χ0v) is 8.31. The van der Waals surface area contributed by atoms with Gasteiger partial charge in [0.05, 0.1) is 6.07 Å². The summed E-state index contributed by atoms with van der Waals surface area (Å²) in [5.41, 5.74) is 0. The Morgan fingerprint density at radius 3 is 1.79 bits per heavy atom. The van der Waals surface area contributed by atoms with Gasteiger partial charge in [0.15, 0.2) is 0 Å². The van der Waals surface area contributed by atoms with Crippen molar-refractivity contribution in [2.24, 2.45) is 0 Å². The lowest BCUT2D eigenvalue weighted by Crippen LogP contribution is -1.82. The van der Waals surface area contributed by atoms with Gasteiger partial charge in [-0.1, -0.05) is 38.0 Å². The molecule has 0 fully saturated rings. The number of rotatable bonds is 2. The third-order valence-corrected chi connectivity index (χ3v) is 0.594. The molecule has 0 aliphatic carbocycles. The van der Waals surface area contributed by atoms with Crippen molar-refractivity contribution >= 4 is 5.97 Å². The lowest BCUT2D eigenvalue weighted by atomic mass is 10.5. The van der Waals surface area contributed by atoms with Crippen LogP contribution in [0.2, 0.25) is 0 Å². The number of hydrogen-bond donors (Lipinski definition) is 1. The van der Waals surface area contributed by atoms with Crippen LogP contribution >= 0.6 is 0 Å². The molecule has 3 nitrogen and oxygen atoms in total. The molecule has 3 heteroatoms. The van der Waals surface area contributed by atoms with Gasteiger partial charge in [0.1, 0.15) is 0 Å². The fourth-order valence-electron chi connectivity index (χ4n) is 0.136. The SMILES string of the molecule is C=C/C=C/C.C=CC#N.C=CC(=O)O. The lowest BCUT2D eigenvalue weighted by Gasteiger charge is -1.64. The van der Waals surface area contributed by atoms with E-state index in [2.05, 4.69) is 19.7 Å². The van der Waals surface area contributed by atoms with Gasteiger partial charge in [-0.05, 0) is 6.92 Å². The maximum absolute atomic E-state index is 9.25. The molecule has 0 atom stereocenters. The topological polar surface area (TPSA) is 61.1 Å². The van der Waals surface area contributed by atoms with Crippen molar-refractivity contribution < 1.29 is 9.90 Å². The maximum Gasteiger partial charge on any atom is 0.327 e. The largest absolute Gasteiger partial charge is 0.478 e. The standard InChI is InChI=1S/C5H8.C3H3N.C3H4O2/c1-3-5-4-2;1-2-3-4;1-2-3(4)5/h3-5H,1H2,2H3;2H,1H2;2H,1H2,(H,4,5)/b5-4+;;. The summed E-state index contributed by atoms with van der Waals surface area (Å²) in [7, 11) is 0. The molecule has 0 rings (SSSR count). The van der Waals surface area contributed by atoms with E-state index in [-0.39, 0.29) is 0 Å². The molecule has 0 amide bonds. The molecule has 0 aromatic rings. The van der Waals surface area contributed by atoms with Crippen molar-refractivity contribution in [3.05, 3.63) is 50.1 Å². The second-order valence-electron chi connectivity index (χ2n) is 1.64. The van der Waals surface area contributed by atoms with Gasteiger partial charge in [-0.25, -0.2) is 4.79 Å². The van der Waals surface area contributed by atoms with E-state index in [0.717, 1.165) is 6.08 Å². The summed E-state index contributed by atoms with van der Waals surface area (Å²) in [5.74, 6) is -0.981. The molecule has 0 aromatic heterocycles. The van der Waals surface area contributed by atoms with Crippen molar-refractivity contribution in [1.29, 1.82) is 5.26 Å². The minimum Gasteiger partial charge on any atom is -0.478 e. The smallest absolute Gasteiger partial charge is 0.327 e. The van der Waals surface area contributed by atoms with Gasteiger partial charge >= 0.3 is 5.97 Å². The van der Waals surface area contributed by atoms with Gasteiger partial charge in [-0.15, -0.1) is 0 Å². The Bertz CT molecular complexity index is 234. The number of carboxylic acid groups (broad SMARTS) is 1.